The number of hydrogen-bond acceptors (Lipinski definition) is 2. The lowest BCUT2D eigenvalue weighted by molar-refractivity contribution is 0.0148. The molecule has 100 valence electrons. The number of halogens is 2. The van der Waals surface area contributed by atoms with E-state index in [9.17, 15) is 8.78 Å². The highest BCUT2D eigenvalue weighted by molar-refractivity contribution is 5.48. The molecule has 18 heavy (non-hydrogen) atoms. The van der Waals surface area contributed by atoms with Crippen molar-refractivity contribution in [1.29, 1.82) is 0 Å². The molecule has 0 spiro atoms. The van der Waals surface area contributed by atoms with Crippen molar-refractivity contribution < 1.29 is 13.5 Å². The predicted octanol–water partition coefficient (Wildman–Crippen LogP) is 3.19. The van der Waals surface area contributed by atoms with Gasteiger partial charge in [0.1, 0.15) is 5.75 Å². The van der Waals surface area contributed by atoms with Crippen LogP contribution in [0, 0.1) is 6.92 Å². The lowest BCUT2D eigenvalue weighted by Gasteiger charge is -2.21. The second kappa shape index (κ2) is 4.84. The van der Waals surface area contributed by atoms with Crippen molar-refractivity contribution in [2.45, 2.75) is 32.1 Å². The van der Waals surface area contributed by atoms with Crippen molar-refractivity contribution in [3.05, 3.63) is 28.8 Å². The quantitative estimate of drug-likeness (QED) is 0.895. The standard InChI is InChI=1S/C14H19F2NO/c1-9-6-11(10-4-5-17-8-10)13(18-3)12(7-9)14(2,15)16/h6-7,10,17H,4-5,8H2,1-3H3. The molecule has 1 heterocycles. The third-order valence-electron chi connectivity index (χ3n) is 3.44. The fourth-order valence-electron chi connectivity index (χ4n) is 2.58. The van der Waals surface area contributed by atoms with Gasteiger partial charge >= 0.3 is 0 Å². The van der Waals surface area contributed by atoms with Crippen molar-refractivity contribution >= 4 is 0 Å². The monoisotopic (exact) mass is 255 g/mol. The van der Waals surface area contributed by atoms with Gasteiger partial charge in [0.2, 0.25) is 0 Å². The fraction of sp³-hybridized carbons (Fsp3) is 0.571. The summed E-state index contributed by atoms with van der Waals surface area (Å²) in [6, 6.07) is 3.48. The van der Waals surface area contributed by atoms with Crippen LogP contribution in [0.2, 0.25) is 0 Å². The molecule has 0 radical (unpaired) electrons. The minimum Gasteiger partial charge on any atom is -0.496 e. The molecule has 1 fully saturated rings. The zero-order chi connectivity index (χ0) is 13.3. The number of nitrogens with one attached hydrogen (secondary N) is 1. The number of methoxy groups -OCH3 is 1. The average Bonchev–Trinajstić information content (AvgIpc) is 2.80. The molecule has 1 N–H and O–H groups in total. The molecule has 1 aromatic carbocycles. The first-order valence-electron chi connectivity index (χ1n) is 6.21. The minimum absolute atomic E-state index is 0.00750. The molecule has 0 aromatic heterocycles. The SMILES string of the molecule is COc1c(C2CCNC2)cc(C)cc1C(C)(F)F. The van der Waals surface area contributed by atoms with Gasteiger partial charge in [-0.05, 0) is 31.5 Å². The van der Waals surface area contributed by atoms with E-state index in [2.05, 4.69) is 5.32 Å². The van der Waals surface area contributed by atoms with Gasteiger partial charge in [-0.25, -0.2) is 8.78 Å². The van der Waals surface area contributed by atoms with Crippen LogP contribution < -0.4 is 10.1 Å². The summed E-state index contributed by atoms with van der Waals surface area (Å²) in [5, 5.41) is 3.26. The molecule has 0 saturated carbocycles. The second-order valence-electron chi connectivity index (χ2n) is 5.01. The lowest BCUT2D eigenvalue weighted by Crippen LogP contribution is -2.14. The third-order valence-corrected chi connectivity index (χ3v) is 3.44. The summed E-state index contributed by atoms with van der Waals surface area (Å²) in [7, 11) is 1.46. The smallest absolute Gasteiger partial charge is 0.274 e. The Kier molecular flexibility index (Phi) is 3.57. The Hall–Kier alpha value is -1.16. The molecule has 2 nitrogen and oxygen atoms in total. The van der Waals surface area contributed by atoms with Gasteiger partial charge in [-0.15, -0.1) is 0 Å². The average molecular weight is 255 g/mol. The van der Waals surface area contributed by atoms with Crippen LogP contribution in [0.1, 0.15) is 36.0 Å². The van der Waals surface area contributed by atoms with Crippen molar-refractivity contribution in [3.8, 4) is 5.75 Å². The predicted molar refractivity (Wildman–Crippen MR) is 67.5 cm³/mol. The lowest BCUT2D eigenvalue weighted by atomic mass is 9.91. The fourth-order valence-corrected chi connectivity index (χ4v) is 2.58. The van der Waals surface area contributed by atoms with Crippen LogP contribution in [0.3, 0.4) is 0 Å². The van der Waals surface area contributed by atoms with Gasteiger partial charge in [0.05, 0.1) is 12.7 Å². The zero-order valence-corrected chi connectivity index (χ0v) is 11.0. The van der Waals surface area contributed by atoms with E-state index in [0.29, 0.717) is 5.75 Å². The van der Waals surface area contributed by atoms with E-state index < -0.39 is 5.92 Å². The number of ether oxygens (including phenoxy) is 1. The first kappa shape index (κ1) is 13.3. The van der Waals surface area contributed by atoms with E-state index in [1.54, 1.807) is 0 Å². The van der Waals surface area contributed by atoms with Gasteiger partial charge in [-0.3, -0.25) is 0 Å². The van der Waals surface area contributed by atoms with Gasteiger partial charge < -0.3 is 10.1 Å². The molecule has 4 heteroatoms. The van der Waals surface area contributed by atoms with Crippen molar-refractivity contribution in [2.24, 2.45) is 0 Å². The van der Waals surface area contributed by atoms with Gasteiger partial charge in [0.15, 0.2) is 0 Å². The highest BCUT2D eigenvalue weighted by Gasteiger charge is 2.32. The molecule has 1 aliphatic rings. The first-order valence-corrected chi connectivity index (χ1v) is 6.21. The molecule has 1 aliphatic heterocycles. The Morgan fingerprint density at radius 2 is 2.11 bits per heavy atom. The number of benzene rings is 1. The first-order chi connectivity index (χ1) is 8.43. The Balaban J connectivity index is 2.54. The molecular weight excluding hydrogens is 236 g/mol. The summed E-state index contributed by atoms with van der Waals surface area (Å²) in [6.07, 6.45) is 0.967. The maximum Gasteiger partial charge on any atom is 0.274 e. The van der Waals surface area contributed by atoms with E-state index in [4.69, 9.17) is 4.74 Å². The van der Waals surface area contributed by atoms with Crippen LogP contribution in [-0.4, -0.2) is 20.2 Å². The van der Waals surface area contributed by atoms with Crippen LogP contribution >= 0.6 is 0 Å². The zero-order valence-electron chi connectivity index (χ0n) is 11.0. The molecular formula is C14H19F2NO. The Morgan fingerprint density at radius 3 is 2.61 bits per heavy atom. The van der Waals surface area contributed by atoms with E-state index >= 15 is 0 Å². The topological polar surface area (TPSA) is 21.3 Å². The number of rotatable bonds is 3. The highest BCUT2D eigenvalue weighted by Crippen LogP contribution is 2.41. The summed E-state index contributed by atoms with van der Waals surface area (Å²) >= 11 is 0. The van der Waals surface area contributed by atoms with Crippen LogP contribution in [0.4, 0.5) is 8.78 Å². The van der Waals surface area contributed by atoms with Crippen molar-refractivity contribution in [2.75, 3.05) is 20.2 Å². The van der Waals surface area contributed by atoms with E-state index in [1.165, 1.54) is 13.2 Å². The summed E-state index contributed by atoms with van der Waals surface area (Å²) in [6.45, 7) is 4.52. The van der Waals surface area contributed by atoms with E-state index in [-0.39, 0.29) is 11.5 Å². The number of alkyl halides is 2. The Bertz CT molecular complexity index is 434. The molecule has 1 aromatic rings. The largest absolute Gasteiger partial charge is 0.496 e. The normalized spacial score (nSPS) is 20.2. The number of aryl methyl sites for hydroxylation is 1. The molecule has 2 rings (SSSR count). The van der Waals surface area contributed by atoms with Gasteiger partial charge in [0, 0.05) is 19.4 Å². The second-order valence-corrected chi connectivity index (χ2v) is 5.01. The summed E-state index contributed by atoms with van der Waals surface area (Å²) in [5.74, 6) is -2.26. The highest BCUT2D eigenvalue weighted by atomic mass is 19.3. The summed E-state index contributed by atoms with van der Waals surface area (Å²) in [5.41, 5.74) is 1.75. The molecule has 1 atom stereocenters. The molecule has 0 amide bonds. The van der Waals surface area contributed by atoms with Crippen molar-refractivity contribution in [1.82, 2.24) is 5.32 Å². The Morgan fingerprint density at radius 1 is 1.39 bits per heavy atom. The van der Waals surface area contributed by atoms with Crippen molar-refractivity contribution in [3.63, 3.8) is 0 Å². The van der Waals surface area contributed by atoms with Gasteiger partial charge in [-0.2, -0.15) is 0 Å². The molecule has 1 saturated heterocycles. The van der Waals surface area contributed by atoms with E-state index in [0.717, 1.165) is 37.6 Å². The van der Waals surface area contributed by atoms with Crippen LogP contribution in [0.5, 0.6) is 5.75 Å². The Labute approximate surface area is 106 Å². The summed E-state index contributed by atoms with van der Waals surface area (Å²) < 4.78 is 32.6. The van der Waals surface area contributed by atoms with Gasteiger partial charge in [0.25, 0.3) is 5.92 Å². The van der Waals surface area contributed by atoms with Crippen LogP contribution in [0.25, 0.3) is 0 Å². The maximum atomic E-state index is 13.7. The molecule has 0 bridgehead atoms. The van der Waals surface area contributed by atoms with E-state index in [1.807, 2.05) is 13.0 Å². The summed E-state index contributed by atoms with van der Waals surface area (Å²) in [4.78, 5) is 0. The maximum absolute atomic E-state index is 13.7. The molecule has 1 unspecified atom stereocenters. The van der Waals surface area contributed by atoms with Crippen LogP contribution in [0.15, 0.2) is 12.1 Å². The third kappa shape index (κ3) is 2.48. The van der Waals surface area contributed by atoms with Gasteiger partial charge in [-0.1, -0.05) is 11.6 Å². The molecule has 0 aliphatic carbocycles. The number of hydrogen-bond donors (Lipinski definition) is 1. The van der Waals surface area contributed by atoms with Crippen LogP contribution in [-0.2, 0) is 5.92 Å². The minimum atomic E-state index is -2.88.